The van der Waals surface area contributed by atoms with Crippen LogP contribution in [-0.2, 0) is 4.74 Å². The lowest BCUT2D eigenvalue weighted by Gasteiger charge is -2.42. The molecule has 1 unspecified atom stereocenters. The van der Waals surface area contributed by atoms with Crippen LogP contribution < -0.4 is 0 Å². The van der Waals surface area contributed by atoms with Crippen LogP contribution in [0.2, 0.25) is 0 Å². The summed E-state index contributed by atoms with van der Waals surface area (Å²) in [6.45, 7) is 11.9. The lowest BCUT2D eigenvalue weighted by molar-refractivity contribution is -0.0421. The molecule has 1 rings (SSSR count). The average molecular weight is 157 g/mol. The largest absolute Gasteiger partial charge is 0.379 e. The Balaban J connectivity index is 2.55. The van der Waals surface area contributed by atoms with Crippen LogP contribution in [0.15, 0.2) is 0 Å². The van der Waals surface area contributed by atoms with Gasteiger partial charge in [-0.2, -0.15) is 0 Å². The van der Waals surface area contributed by atoms with Crippen LogP contribution in [0.3, 0.4) is 0 Å². The highest BCUT2D eigenvalue weighted by Gasteiger charge is 2.28. The highest BCUT2D eigenvalue weighted by atomic mass is 16.5. The van der Waals surface area contributed by atoms with Gasteiger partial charge in [-0.3, -0.25) is 4.90 Å². The summed E-state index contributed by atoms with van der Waals surface area (Å²) in [7, 11) is 0. The van der Waals surface area contributed by atoms with Gasteiger partial charge in [-0.1, -0.05) is 0 Å². The molecule has 1 fully saturated rings. The molecule has 1 saturated heterocycles. The normalized spacial score (nSPS) is 28.9. The van der Waals surface area contributed by atoms with Crippen molar-refractivity contribution in [2.45, 2.75) is 39.3 Å². The molecule has 11 heavy (non-hydrogen) atoms. The van der Waals surface area contributed by atoms with Crippen LogP contribution in [0.5, 0.6) is 0 Å². The fourth-order valence-electron chi connectivity index (χ4n) is 1.72. The average Bonchev–Trinajstić information content (AvgIpc) is 1.86. The van der Waals surface area contributed by atoms with Crippen LogP contribution in [0, 0.1) is 0 Å². The maximum absolute atomic E-state index is 5.37. The van der Waals surface area contributed by atoms with Gasteiger partial charge in [0, 0.05) is 18.1 Å². The predicted octanol–water partition coefficient (Wildman–Crippen LogP) is 1.51. The highest BCUT2D eigenvalue weighted by molar-refractivity contribution is 4.82. The molecule has 0 aromatic heterocycles. The van der Waals surface area contributed by atoms with Gasteiger partial charge >= 0.3 is 0 Å². The number of rotatable bonds is 0. The van der Waals surface area contributed by atoms with Gasteiger partial charge in [-0.15, -0.1) is 0 Å². The zero-order chi connectivity index (χ0) is 8.48. The van der Waals surface area contributed by atoms with Crippen molar-refractivity contribution >= 4 is 0 Å². The Kier molecular flexibility index (Phi) is 2.55. The van der Waals surface area contributed by atoms with E-state index in [0.29, 0.717) is 11.6 Å². The molecule has 1 heterocycles. The third-order valence-electron chi connectivity index (χ3n) is 2.23. The summed E-state index contributed by atoms with van der Waals surface area (Å²) in [6, 6.07) is 0.573. The first-order valence-corrected chi connectivity index (χ1v) is 4.36. The Bertz CT molecular complexity index is 128. The minimum absolute atomic E-state index is 0.295. The maximum Gasteiger partial charge on any atom is 0.0620 e. The third-order valence-corrected chi connectivity index (χ3v) is 2.23. The summed E-state index contributed by atoms with van der Waals surface area (Å²) >= 11 is 0. The van der Waals surface area contributed by atoms with Crippen molar-refractivity contribution in [2.24, 2.45) is 0 Å². The molecule has 0 bridgehead atoms. The first kappa shape index (κ1) is 9.01. The molecule has 0 spiro atoms. The first-order valence-electron chi connectivity index (χ1n) is 4.36. The second kappa shape index (κ2) is 3.11. The summed E-state index contributed by atoms with van der Waals surface area (Å²) < 4.78 is 5.37. The molecule has 1 atom stereocenters. The zero-order valence-electron chi connectivity index (χ0n) is 8.05. The van der Waals surface area contributed by atoms with Gasteiger partial charge in [-0.05, 0) is 27.7 Å². The van der Waals surface area contributed by atoms with Crippen molar-refractivity contribution in [1.82, 2.24) is 4.90 Å². The van der Waals surface area contributed by atoms with E-state index in [1.807, 2.05) is 0 Å². The van der Waals surface area contributed by atoms with Gasteiger partial charge in [0.15, 0.2) is 0 Å². The first-order chi connectivity index (χ1) is 5.02. The van der Waals surface area contributed by atoms with Crippen LogP contribution >= 0.6 is 0 Å². The fourth-order valence-corrected chi connectivity index (χ4v) is 1.72. The molecule has 1 aliphatic heterocycles. The Morgan fingerprint density at radius 1 is 1.36 bits per heavy atom. The summed E-state index contributed by atoms with van der Waals surface area (Å²) in [6.07, 6.45) is 0. The fraction of sp³-hybridized carbons (Fsp3) is 1.00. The second-order valence-corrected chi connectivity index (χ2v) is 4.29. The number of hydrogen-bond acceptors (Lipinski definition) is 2. The molecule has 0 saturated carbocycles. The maximum atomic E-state index is 5.37. The van der Waals surface area contributed by atoms with E-state index in [1.165, 1.54) is 0 Å². The Labute approximate surface area is 69.5 Å². The van der Waals surface area contributed by atoms with Crippen molar-refractivity contribution in [2.75, 3.05) is 19.8 Å². The van der Waals surface area contributed by atoms with E-state index in [0.717, 1.165) is 19.8 Å². The molecule has 0 aromatic carbocycles. The van der Waals surface area contributed by atoms with E-state index in [9.17, 15) is 0 Å². The van der Waals surface area contributed by atoms with E-state index in [4.69, 9.17) is 4.74 Å². The minimum Gasteiger partial charge on any atom is -0.379 e. The highest BCUT2D eigenvalue weighted by Crippen LogP contribution is 2.18. The van der Waals surface area contributed by atoms with Gasteiger partial charge < -0.3 is 4.74 Å². The van der Waals surface area contributed by atoms with Crippen molar-refractivity contribution in [3.8, 4) is 0 Å². The van der Waals surface area contributed by atoms with E-state index in [-0.39, 0.29) is 0 Å². The predicted molar refractivity (Wildman–Crippen MR) is 46.7 cm³/mol. The molecule has 66 valence electrons. The van der Waals surface area contributed by atoms with E-state index in [2.05, 4.69) is 32.6 Å². The zero-order valence-corrected chi connectivity index (χ0v) is 8.05. The molecule has 2 nitrogen and oxygen atoms in total. The van der Waals surface area contributed by atoms with Crippen LogP contribution in [0.4, 0.5) is 0 Å². The molecule has 1 aliphatic rings. The van der Waals surface area contributed by atoms with Gasteiger partial charge in [0.1, 0.15) is 0 Å². The van der Waals surface area contributed by atoms with Crippen LogP contribution in [0.25, 0.3) is 0 Å². The third kappa shape index (κ3) is 2.17. The van der Waals surface area contributed by atoms with E-state index < -0.39 is 0 Å². The summed E-state index contributed by atoms with van der Waals surface area (Å²) in [4.78, 5) is 2.50. The van der Waals surface area contributed by atoms with Crippen molar-refractivity contribution in [1.29, 1.82) is 0 Å². The molecule has 2 heteroatoms. The molecule has 0 aromatic rings. The Hall–Kier alpha value is -0.0800. The van der Waals surface area contributed by atoms with Crippen LogP contribution in [-0.4, -0.2) is 36.2 Å². The Morgan fingerprint density at radius 2 is 2.00 bits per heavy atom. The molecule has 0 amide bonds. The quantitative estimate of drug-likeness (QED) is 0.528. The summed E-state index contributed by atoms with van der Waals surface area (Å²) in [5.41, 5.74) is 0.295. The topological polar surface area (TPSA) is 12.5 Å². The standard InChI is InChI=1S/C9H19NO/c1-8-7-11-6-5-10(8)9(2,3)4/h8H,5-7H2,1-4H3. The molecule has 0 N–H and O–H groups in total. The lowest BCUT2D eigenvalue weighted by atomic mass is 10.0. The molecular weight excluding hydrogens is 138 g/mol. The summed E-state index contributed by atoms with van der Waals surface area (Å²) in [5, 5.41) is 0. The number of nitrogens with zero attached hydrogens (tertiary/aromatic N) is 1. The van der Waals surface area contributed by atoms with Gasteiger partial charge in [-0.25, -0.2) is 0 Å². The second-order valence-electron chi connectivity index (χ2n) is 4.29. The van der Waals surface area contributed by atoms with Crippen LogP contribution in [0.1, 0.15) is 27.7 Å². The smallest absolute Gasteiger partial charge is 0.0620 e. The minimum atomic E-state index is 0.295. The van der Waals surface area contributed by atoms with Gasteiger partial charge in [0.25, 0.3) is 0 Å². The lowest BCUT2D eigenvalue weighted by Crippen LogP contribution is -2.53. The summed E-state index contributed by atoms with van der Waals surface area (Å²) in [5.74, 6) is 0. The van der Waals surface area contributed by atoms with Crippen molar-refractivity contribution in [3.63, 3.8) is 0 Å². The van der Waals surface area contributed by atoms with Crippen molar-refractivity contribution in [3.05, 3.63) is 0 Å². The SMILES string of the molecule is CC1COCCN1C(C)(C)C. The van der Waals surface area contributed by atoms with E-state index in [1.54, 1.807) is 0 Å². The van der Waals surface area contributed by atoms with E-state index >= 15 is 0 Å². The number of hydrogen-bond donors (Lipinski definition) is 0. The van der Waals surface area contributed by atoms with Gasteiger partial charge in [0.05, 0.1) is 13.2 Å². The molecule has 0 radical (unpaired) electrons. The van der Waals surface area contributed by atoms with Gasteiger partial charge in [0.2, 0.25) is 0 Å². The number of morpholine rings is 1. The monoisotopic (exact) mass is 157 g/mol. The van der Waals surface area contributed by atoms with Crippen molar-refractivity contribution < 1.29 is 4.74 Å². The molecule has 0 aliphatic carbocycles. The molecular formula is C9H19NO. The Morgan fingerprint density at radius 3 is 2.36 bits per heavy atom. The number of ether oxygens (including phenoxy) is 1.